The Balaban J connectivity index is 1.05. The predicted octanol–water partition coefficient (Wildman–Crippen LogP) is 4.87. The number of aliphatic hydroxyl groups is 3. The summed E-state index contributed by atoms with van der Waals surface area (Å²) in [5, 5.41) is 48.6. The molecule has 2 aromatic rings. The van der Waals surface area contributed by atoms with Gasteiger partial charge in [0.05, 0.1) is 84.5 Å². The van der Waals surface area contributed by atoms with E-state index in [0.717, 1.165) is 12.8 Å². The van der Waals surface area contributed by atoms with E-state index in [0.29, 0.717) is 22.6 Å². The molecule has 18 atom stereocenters. The van der Waals surface area contributed by atoms with Crippen molar-refractivity contribution in [2.45, 2.75) is 198 Å². The summed E-state index contributed by atoms with van der Waals surface area (Å²) in [6.45, 7) is 15.6. The molecular weight excluding hydrogens is 1030 g/mol. The zero-order valence-electron chi connectivity index (χ0n) is 46.5. The molecule has 4 saturated heterocycles. The Morgan fingerprint density at radius 1 is 0.961 bits per heavy atom. The van der Waals surface area contributed by atoms with Crippen LogP contribution in [0.4, 0.5) is 5.69 Å². The van der Waals surface area contributed by atoms with Gasteiger partial charge in [-0.1, -0.05) is 32.4 Å². The van der Waals surface area contributed by atoms with Gasteiger partial charge in [0, 0.05) is 61.5 Å². The topological polar surface area (TPSA) is 270 Å². The van der Waals surface area contributed by atoms with Crippen LogP contribution in [0.15, 0.2) is 23.1 Å². The van der Waals surface area contributed by atoms with Crippen LogP contribution in [-0.2, 0) is 57.0 Å². The van der Waals surface area contributed by atoms with Crippen molar-refractivity contribution in [3.05, 3.63) is 39.1 Å². The van der Waals surface area contributed by atoms with Crippen LogP contribution in [0, 0.1) is 23.7 Å². The van der Waals surface area contributed by atoms with Crippen molar-refractivity contribution in [1.29, 1.82) is 0 Å². The van der Waals surface area contributed by atoms with Crippen molar-refractivity contribution in [2.75, 3.05) is 52.9 Å². The fraction of sp³-hybridized carbons (Fsp3) is 0.764. The van der Waals surface area contributed by atoms with Crippen LogP contribution >= 0.6 is 11.6 Å². The number of aliphatic hydroxyl groups excluding tert-OH is 2. The largest absolute Gasteiger partial charge is 0.477 e. The first kappa shape index (κ1) is 60.8. The number of fused-ring (bicyclic) bond motifs is 3. The van der Waals surface area contributed by atoms with Gasteiger partial charge in [-0.05, 0) is 99.9 Å². The number of aromatic carboxylic acids is 1. The minimum atomic E-state index is -2.03. The number of hydrogen-bond acceptors (Lipinski definition) is 19. The minimum absolute atomic E-state index is 0.00426. The first-order chi connectivity index (χ1) is 36.2. The SMILES string of the molecule is CC[C@H]1OC(=O)[C@H](C)[C@@H](O[C@H]2C[C@@](C)(OC)[C@@H](OC(=O)CCOCCNc3cc4c(=O)c(C(=O)O)cn(C5CC5)c4cc3Cl)[C@H](C)O2)[C@H](C)[C@@H](O[C@@H]2O[C@H](C)C[C@H](N(C)C)[C@H]2O)[C@@]2(C)C[C@@H](CO2)C(=O)[C@H](C)[C@@H](O)[C@]1(C)O. The number of aromatic nitrogens is 1. The molecule has 2 bridgehead atoms. The highest BCUT2D eigenvalue weighted by molar-refractivity contribution is 6.34. The number of halogens is 1. The van der Waals surface area contributed by atoms with Crippen molar-refractivity contribution in [2.24, 2.45) is 23.7 Å². The molecule has 1 aliphatic carbocycles. The maximum atomic E-state index is 14.5. The van der Waals surface area contributed by atoms with E-state index in [1.165, 1.54) is 20.2 Å². The number of methoxy groups -OCH3 is 1. The van der Waals surface area contributed by atoms with E-state index in [9.17, 15) is 44.4 Å². The molecule has 1 saturated carbocycles. The summed E-state index contributed by atoms with van der Waals surface area (Å²) in [4.78, 5) is 69.1. The molecule has 1 aromatic carbocycles. The third-order valence-corrected chi connectivity index (χ3v) is 17.1. The Morgan fingerprint density at radius 2 is 1.66 bits per heavy atom. The van der Waals surface area contributed by atoms with Crippen molar-refractivity contribution < 1.29 is 82.2 Å². The van der Waals surface area contributed by atoms with Gasteiger partial charge in [-0.3, -0.25) is 19.2 Å². The molecule has 0 amide bonds. The number of nitrogens with one attached hydrogen (secondary N) is 1. The second-order valence-electron chi connectivity index (χ2n) is 23.0. The molecule has 5 N–H and O–H groups in total. The van der Waals surface area contributed by atoms with E-state index in [4.69, 9.17) is 54.2 Å². The Bertz CT molecular complexity index is 2510. The lowest BCUT2D eigenvalue weighted by atomic mass is 9.75. The molecule has 0 radical (unpaired) electrons. The number of benzene rings is 1. The number of ether oxygens (including phenoxy) is 9. The van der Waals surface area contributed by atoms with Crippen LogP contribution in [0.5, 0.6) is 0 Å². The average molecular weight is 1110 g/mol. The fourth-order valence-corrected chi connectivity index (χ4v) is 12.2. The summed E-state index contributed by atoms with van der Waals surface area (Å²) in [6, 6.07) is 2.97. The molecule has 5 fully saturated rings. The van der Waals surface area contributed by atoms with Crippen molar-refractivity contribution in [3.8, 4) is 0 Å². The van der Waals surface area contributed by atoms with E-state index >= 15 is 0 Å². The molecule has 432 valence electrons. The van der Waals surface area contributed by atoms with Crippen molar-refractivity contribution in [1.82, 2.24) is 9.47 Å². The van der Waals surface area contributed by atoms with Gasteiger partial charge in [-0.2, -0.15) is 0 Å². The van der Waals surface area contributed by atoms with Crippen LogP contribution < -0.4 is 10.7 Å². The van der Waals surface area contributed by atoms with E-state index in [-0.39, 0.29) is 87.0 Å². The molecular formula is C55H82ClN3O18. The number of carboxylic acid groups (broad SMARTS) is 1. The van der Waals surface area contributed by atoms with Crippen LogP contribution in [0.1, 0.15) is 124 Å². The molecule has 0 unspecified atom stereocenters. The molecule has 4 aliphatic heterocycles. The maximum Gasteiger partial charge on any atom is 0.341 e. The predicted molar refractivity (Wildman–Crippen MR) is 281 cm³/mol. The number of carbonyl (C=O) groups is 4. The van der Waals surface area contributed by atoms with Gasteiger partial charge in [0.1, 0.15) is 34.8 Å². The number of likely N-dealkylation sites (N-methyl/N-ethyl adjacent to an activating group) is 1. The lowest BCUT2D eigenvalue weighted by Gasteiger charge is -2.49. The maximum absolute atomic E-state index is 14.5. The number of carboxylic acids is 1. The summed E-state index contributed by atoms with van der Waals surface area (Å²) < 4.78 is 58.9. The molecule has 5 aliphatic rings. The number of cyclic esters (lactones) is 1. The lowest BCUT2D eigenvalue weighted by molar-refractivity contribution is -0.318. The van der Waals surface area contributed by atoms with Gasteiger partial charge in [-0.25, -0.2) is 4.79 Å². The minimum Gasteiger partial charge on any atom is -0.477 e. The quantitative estimate of drug-likeness (QED) is 0.104. The van der Waals surface area contributed by atoms with E-state index in [1.54, 1.807) is 58.2 Å². The zero-order chi connectivity index (χ0) is 56.6. The number of anilines is 1. The summed E-state index contributed by atoms with van der Waals surface area (Å²) in [6.07, 6.45) is -6.54. The van der Waals surface area contributed by atoms with Crippen LogP contribution in [0.25, 0.3) is 10.9 Å². The van der Waals surface area contributed by atoms with Crippen LogP contribution in [0.3, 0.4) is 0 Å². The number of Topliss-reactive ketones (excluding diaryl/α,β-unsaturated/α-hetero) is 1. The molecule has 5 heterocycles. The van der Waals surface area contributed by atoms with Gasteiger partial charge in [-0.15, -0.1) is 0 Å². The summed E-state index contributed by atoms with van der Waals surface area (Å²) in [5.74, 6) is -6.64. The third-order valence-electron chi connectivity index (χ3n) is 16.8. The monoisotopic (exact) mass is 1110 g/mol. The summed E-state index contributed by atoms with van der Waals surface area (Å²) in [5.41, 5.74) is -4.39. The number of carbonyl (C=O) groups excluding carboxylic acids is 3. The normalized spacial score (nSPS) is 38.3. The second-order valence-corrected chi connectivity index (χ2v) is 23.4. The Labute approximate surface area is 455 Å². The van der Waals surface area contributed by atoms with Gasteiger partial charge >= 0.3 is 17.9 Å². The Morgan fingerprint density at radius 3 is 2.30 bits per heavy atom. The summed E-state index contributed by atoms with van der Waals surface area (Å²) >= 11 is 6.61. The number of nitrogens with zero attached hydrogens (tertiary/aromatic N) is 2. The van der Waals surface area contributed by atoms with Gasteiger partial charge in [0.25, 0.3) is 0 Å². The van der Waals surface area contributed by atoms with E-state index < -0.39 is 119 Å². The van der Waals surface area contributed by atoms with E-state index in [2.05, 4.69) is 5.32 Å². The first-order valence-electron chi connectivity index (χ1n) is 27.1. The number of rotatable bonds is 17. The zero-order valence-corrected chi connectivity index (χ0v) is 47.3. The molecule has 77 heavy (non-hydrogen) atoms. The van der Waals surface area contributed by atoms with Crippen molar-refractivity contribution in [3.63, 3.8) is 0 Å². The number of pyridine rings is 1. The standard InChI is InChI=1S/C55H82ClN3O18/c1-13-40-55(9,68)47(64)28(3)43(61)32-23-54(8,71-26-32)48(77-52-45(63)39(58(10)11)20-27(2)72-52)29(4)46(30(5)51(67)74-40)76-42-24-53(7,69-12)49(31(6)73-42)75-41(60)16-18-70-19-17-57-37-21-34-38(22-36(37)56)59(33-14-15-33)25-35(44(34)62)50(65)66/h21-22,25,27-33,39-40,42,45-49,52,57,63-64,68H,13-20,23-24,26H2,1-12H3,(H,65,66)/t27-,28+,29+,30-,31+,32+,39+,40-,42+,45-,46+,47-,48-,49+,52+,53-,54-,55-/m1/s1. The third kappa shape index (κ3) is 13.0. The smallest absolute Gasteiger partial charge is 0.341 e. The Hall–Kier alpha value is -3.84. The lowest BCUT2D eigenvalue weighted by Crippen LogP contribution is -2.61. The Kier molecular flexibility index (Phi) is 19.3. The average Bonchev–Trinajstić information content (AvgIpc) is 4.15. The van der Waals surface area contributed by atoms with Gasteiger partial charge in [0.15, 0.2) is 18.7 Å². The molecule has 0 spiro atoms. The van der Waals surface area contributed by atoms with E-state index in [1.807, 2.05) is 32.8 Å². The van der Waals surface area contributed by atoms with Crippen molar-refractivity contribution >= 4 is 51.9 Å². The highest BCUT2D eigenvalue weighted by atomic mass is 35.5. The summed E-state index contributed by atoms with van der Waals surface area (Å²) in [7, 11) is 5.21. The number of hydrogen-bond donors (Lipinski definition) is 5. The molecule has 21 nitrogen and oxygen atoms in total. The second kappa shape index (κ2) is 24.5. The molecule has 7 rings (SSSR count). The van der Waals surface area contributed by atoms with Crippen LogP contribution in [0.2, 0.25) is 5.02 Å². The highest BCUT2D eigenvalue weighted by Gasteiger charge is 2.57. The molecule has 1 aromatic heterocycles. The van der Waals surface area contributed by atoms with Gasteiger partial charge < -0.3 is 77.8 Å². The highest BCUT2D eigenvalue weighted by Crippen LogP contribution is 2.45. The first-order valence-corrected chi connectivity index (χ1v) is 27.5. The number of esters is 2. The molecule has 22 heteroatoms. The van der Waals surface area contributed by atoms with Crippen LogP contribution in [-0.4, -0.2) is 185 Å². The van der Waals surface area contributed by atoms with Gasteiger partial charge in [0.2, 0.25) is 5.43 Å². The fourth-order valence-electron chi connectivity index (χ4n) is 12.0. The number of ketones is 1.